The van der Waals surface area contributed by atoms with Crippen LogP contribution in [0.25, 0.3) is 0 Å². The van der Waals surface area contributed by atoms with Crippen LogP contribution in [0.3, 0.4) is 0 Å². The van der Waals surface area contributed by atoms with E-state index < -0.39 is 0 Å². The van der Waals surface area contributed by atoms with Crippen molar-refractivity contribution in [1.29, 1.82) is 0 Å². The Morgan fingerprint density at radius 2 is 2.27 bits per heavy atom. The predicted octanol–water partition coefficient (Wildman–Crippen LogP) is 1.30. The number of nitrogens with two attached hydrogens (primary N) is 1. The van der Waals surface area contributed by atoms with Gasteiger partial charge < -0.3 is 15.6 Å². The van der Waals surface area contributed by atoms with E-state index in [1.54, 1.807) is 23.9 Å². The second kappa shape index (κ2) is 4.68. The largest absolute Gasteiger partial charge is 0.397 e. The number of carbonyl (C=O) groups is 1. The molecule has 4 nitrogen and oxygen atoms in total. The highest BCUT2D eigenvalue weighted by atomic mass is 16.1. The molecule has 15 heavy (non-hydrogen) atoms. The molecule has 0 atom stereocenters. The molecule has 1 aromatic heterocycles. The summed E-state index contributed by atoms with van der Waals surface area (Å²) >= 11 is 0. The number of hydrogen-bond acceptors (Lipinski definition) is 2. The van der Waals surface area contributed by atoms with Gasteiger partial charge in [-0.2, -0.15) is 0 Å². The van der Waals surface area contributed by atoms with Gasteiger partial charge in [0.05, 0.1) is 5.69 Å². The Labute approximate surface area is 89.8 Å². The van der Waals surface area contributed by atoms with Crippen LogP contribution in [-0.4, -0.2) is 17.0 Å². The third-order valence-electron chi connectivity index (χ3n) is 2.03. The summed E-state index contributed by atoms with van der Waals surface area (Å²) in [7, 11) is 1.80. The van der Waals surface area contributed by atoms with E-state index in [-0.39, 0.29) is 5.91 Å². The van der Waals surface area contributed by atoms with Crippen LogP contribution >= 0.6 is 0 Å². The lowest BCUT2D eigenvalue weighted by Crippen LogP contribution is -2.25. The second-order valence-electron chi connectivity index (χ2n) is 3.76. The Kier molecular flexibility index (Phi) is 3.55. The Hall–Kier alpha value is -1.71. The van der Waals surface area contributed by atoms with Crippen molar-refractivity contribution in [2.24, 2.45) is 7.05 Å². The number of nitrogens with zero attached hydrogens (tertiary/aromatic N) is 1. The number of anilines is 1. The van der Waals surface area contributed by atoms with Crippen molar-refractivity contribution in [3.8, 4) is 0 Å². The fraction of sp³-hybridized carbons (Fsp3) is 0.364. The molecule has 1 aromatic rings. The summed E-state index contributed by atoms with van der Waals surface area (Å²) in [5.41, 5.74) is 7.94. The molecule has 0 spiro atoms. The summed E-state index contributed by atoms with van der Waals surface area (Å²) in [5.74, 6) is -0.105. The second-order valence-corrected chi connectivity index (χ2v) is 3.76. The third kappa shape index (κ3) is 3.16. The lowest BCUT2D eigenvalue weighted by molar-refractivity contribution is 0.0950. The molecule has 0 unspecified atom stereocenters. The number of hydrogen-bond donors (Lipinski definition) is 2. The number of aryl methyl sites for hydroxylation is 1. The van der Waals surface area contributed by atoms with E-state index in [1.165, 1.54) is 5.57 Å². The number of amides is 1. The van der Waals surface area contributed by atoms with Crippen molar-refractivity contribution in [2.75, 3.05) is 12.3 Å². The van der Waals surface area contributed by atoms with Crippen molar-refractivity contribution < 1.29 is 4.79 Å². The molecule has 0 radical (unpaired) electrons. The van der Waals surface area contributed by atoms with E-state index in [9.17, 15) is 4.79 Å². The minimum Gasteiger partial charge on any atom is -0.397 e. The fourth-order valence-corrected chi connectivity index (χ4v) is 1.25. The molecule has 0 aliphatic carbocycles. The maximum Gasteiger partial charge on any atom is 0.268 e. The van der Waals surface area contributed by atoms with Crippen molar-refractivity contribution in [1.82, 2.24) is 9.88 Å². The molecule has 0 saturated carbocycles. The molecule has 1 amide bonds. The van der Waals surface area contributed by atoms with Gasteiger partial charge in [0.1, 0.15) is 5.69 Å². The molecule has 0 aliphatic rings. The van der Waals surface area contributed by atoms with E-state index in [2.05, 4.69) is 5.32 Å². The molecule has 3 N–H and O–H groups in total. The topological polar surface area (TPSA) is 60.1 Å². The summed E-state index contributed by atoms with van der Waals surface area (Å²) in [4.78, 5) is 11.6. The van der Waals surface area contributed by atoms with Gasteiger partial charge in [-0.3, -0.25) is 4.79 Å². The van der Waals surface area contributed by atoms with E-state index in [1.807, 2.05) is 19.9 Å². The molecular weight excluding hydrogens is 190 g/mol. The first-order valence-electron chi connectivity index (χ1n) is 4.84. The first kappa shape index (κ1) is 11.4. The number of nitrogen functional groups attached to an aromatic ring is 1. The standard InChI is InChI=1S/C11H17N3O/c1-8(2)4-5-13-11(15)10-6-9(12)7-14(10)3/h4,6-7H,5,12H2,1-3H3,(H,13,15). The van der Waals surface area contributed by atoms with Crippen molar-refractivity contribution in [3.05, 3.63) is 29.6 Å². The van der Waals surface area contributed by atoms with Gasteiger partial charge in [-0.1, -0.05) is 11.6 Å². The van der Waals surface area contributed by atoms with Gasteiger partial charge in [-0.05, 0) is 19.9 Å². The Morgan fingerprint density at radius 3 is 2.73 bits per heavy atom. The number of allylic oxidation sites excluding steroid dienone is 1. The van der Waals surface area contributed by atoms with Crippen LogP contribution in [0.1, 0.15) is 24.3 Å². The SMILES string of the molecule is CC(C)=CCNC(=O)c1cc(N)cn1C. The molecule has 82 valence electrons. The average Bonchev–Trinajstić information content (AvgIpc) is 2.44. The zero-order valence-electron chi connectivity index (χ0n) is 9.37. The fourth-order valence-electron chi connectivity index (χ4n) is 1.25. The van der Waals surface area contributed by atoms with Gasteiger partial charge in [-0.25, -0.2) is 0 Å². The summed E-state index contributed by atoms with van der Waals surface area (Å²) in [6.07, 6.45) is 3.68. The summed E-state index contributed by atoms with van der Waals surface area (Å²) in [6, 6.07) is 1.66. The van der Waals surface area contributed by atoms with Crippen molar-refractivity contribution >= 4 is 11.6 Å². The Balaban J connectivity index is 2.62. The van der Waals surface area contributed by atoms with Crippen LogP contribution < -0.4 is 11.1 Å². The maximum atomic E-state index is 11.6. The maximum absolute atomic E-state index is 11.6. The monoisotopic (exact) mass is 207 g/mol. The highest BCUT2D eigenvalue weighted by Gasteiger charge is 2.08. The van der Waals surface area contributed by atoms with Gasteiger partial charge in [0, 0.05) is 19.8 Å². The van der Waals surface area contributed by atoms with Crippen molar-refractivity contribution in [2.45, 2.75) is 13.8 Å². The molecule has 1 heterocycles. The number of aromatic nitrogens is 1. The quantitative estimate of drug-likeness (QED) is 0.734. The first-order chi connectivity index (χ1) is 7.00. The summed E-state index contributed by atoms with van der Waals surface area (Å²) in [6.45, 7) is 4.53. The molecule has 0 aliphatic heterocycles. The van der Waals surface area contributed by atoms with Gasteiger partial charge in [0.2, 0.25) is 0 Å². The highest BCUT2D eigenvalue weighted by Crippen LogP contribution is 2.07. The van der Waals surface area contributed by atoms with Crippen LogP contribution in [0.15, 0.2) is 23.9 Å². The zero-order valence-corrected chi connectivity index (χ0v) is 9.37. The van der Waals surface area contributed by atoms with Crippen molar-refractivity contribution in [3.63, 3.8) is 0 Å². The number of carbonyl (C=O) groups excluding carboxylic acids is 1. The normalized spacial score (nSPS) is 9.80. The van der Waals surface area contributed by atoms with Crippen LogP contribution in [0.2, 0.25) is 0 Å². The van der Waals surface area contributed by atoms with E-state index in [4.69, 9.17) is 5.73 Å². The Bertz CT molecular complexity index is 387. The Morgan fingerprint density at radius 1 is 1.60 bits per heavy atom. The van der Waals surface area contributed by atoms with E-state index in [0.29, 0.717) is 17.9 Å². The van der Waals surface area contributed by atoms with Gasteiger partial charge >= 0.3 is 0 Å². The lowest BCUT2D eigenvalue weighted by Gasteiger charge is -2.03. The molecule has 1 rings (SSSR count). The minimum atomic E-state index is -0.105. The highest BCUT2D eigenvalue weighted by molar-refractivity contribution is 5.93. The summed E-state index contributed by atoms with van der Waals surface area (Å²) in [5, 5.41) is 2.79. The van der Waals surface area contributed by atoms with E-state index in [0.717, 1.165) is 0 Å². The molecule has 4 heteroatoms. The van der Waals surface area contributed by atoms with Crippen LogP contribution in [0, 0.1) is 0 Å². The van der Waals surface area contributed by atoms with Gasteiger partial charge in [-0.15, -0.1) is 0 Å². The summed E-state index contributed by atoms with van der Waals surface area (Å²) < 4.78 is 1.72. The predicted molar refractivity (Wildman–Crippen MR) is 61.6 cm³/mol. The van der Waals surface area contributed by atoms with Crippen LogP contribution in [0.4, 0.5) is 5.69 Å². The lowest BCUT2D eigenvalue weighted by atomic mass is 10.3. The molecule has 0 aromatic carbocycles. The number of rotatable bonds is 3. The first-order valence-corrected chi connectivity index (χ1v) is 4.84. The van der Waals surface area contributed by atoms with Crippen LogP contribution in [0.5, 0.6) is 0 Å². The smallest absolute Gasteiger partial charge is 0.268 e. The van der Waals surface area contributed by atoms with Gasteiger partial charge in [0.15, 0.2) is 0 Å². The average molecular weight is 207 g/mol. The third-order valence-corrected chi connectivity index (χ3v) is 2.03. The molecular formula is C11H17N3O. The van der Waals surface area contributed by atoms with Gasteiger partial charge in [0.25, 0.3) is 5.91 Å². The molecule has 0 fully saturated rings. The zero-order chi connectivity index (χ0) is 11.4. The molecule has 0 bridgehead atoms. The number of nitrogens with one attached hydrogen (secondary N) is 1. The van der Waals surface area contributed by atoms with Crippen LogP contribution in [-0.2, 0) is 7.05 Å². The molecule has 0 saturated heterocycles. The minimum absolute atomic E-state index is 0.105. The van der Waals surface area contributed by atoms with E-state index >= 15 is 0 Å².